The normalized spacial score (nSPS) is 10.9. The summed E-state index contributed by atoms with van der Waals surface area (Å²) in [5.41, 5.74) is 1.48. The lowest BCUT2D eigenvalue weighted by molar-refractivity contribution is 0.634. The molecule has 0 saturated carbocycles. The number of hydrogen-bond donors (Lipinski definition) is 1. The van der Waals surface area contributed by atoms with E-state index < -0.39 is 0 Å². The first-order chi connectivity index (χ1) is 8.54. The van der Waals surface area contributed by atoms with Crippen LogP contribution in [0.5, 0.6) is 0 Å². The second-order valence-corrected chi connectivity index (χ2v) is 5.49. The summed E-state index contributed by atoms with van der Waals surface area (Å²) in [6.45, 7) is 4.20. The fraction of sp³-hybridized carbons (Fsp3) is 0.308. The van der Waals surface area contributed by atoms with Crippen LogP contribution in [0.2, 0.25) is 0 Å². The molecule has 0 saturated heterocycles. The average Bonchev–Trinajstić information content (AvgIpc) is 2.27. The number of nitrogens with zero attached hydrogens (tertiary/aromatic N) is 2. The first-order valence-corrected chi connectivity index (χ1v) is 6.55. The summed E-state index contributed by atoms with van der Waals surface area (Å²) in [6, 6.07) is 3.43. The zero-order valence-electron chi connectivity index (χ0n) is 10.3. The van der Waals surface area contributed by atoms with Crippen LogP contribution in [0.15, 0.2) is 33.8 Å². The Labute approximate surface area is 114 Å². The Morgan fingerprint density at radius 3 is 2.78 bits per heavy atom. The van der Waals surface area contributed by atoms with Crippen molar-refractivity contribution in [1.29, 1.82) is 0 Å². The zero-order valence-corrected chi connectivity index (χ0v) is 11.9. The van der Waals surface area contributed by atoms with Crippen LogP contribution in [0.25, 0.3) is 11.4 Å². The lowest BCUT2D eigenvalue weighted by Gasteiger charge is -2.06. The Hall–Kier alpha value is -1.49. The molecule has 0 bridgehead atoms. The van der Waals surface area contributed by atoms with Crippen LogP contribution in [-0.2, 0) is 6.42 Å². The second-order valence-electron chi connectivity index (χ2n) is 4.58. The molecule has 2 aromatic heterocycles. The van der Waals surface area contributed by atoms with Crippen molar-refractivity contribution in [2.45, 2.75) is 20.3 Å². The maximum atomic E-state index is 11.6. The van der Waals surface area contributed by atoms with Gasteiger partial charge in [-0.2, -0.15) is 0 Å². The molecule has 4 nitrogen and oxygen atoms in total. The first kappa shape index (κ1) is 13.0. The van der Waals surface area contributed by atoms with E-state index in [1.54, 1.807) is 18.5 Å². The highest BCUT2D eigenvalue weighted by atomic mass is 79.9. The quantitative estimate of drug-likeness (QED) is 0.948. The molecular formula is C13H14BrN3O. The zero-order chi connectivity index (χ0) is 13.1. The molecule has 18 heavy (non-hydrogen) atoms. The van der Waals surface area contributed by atoms with Gasteiger partial charge < -0.3 is 4.98 Å². The van der Waals surface area contributed by atoms with Crippen molar-refractivity contribution in [2.24, 2.45) is 5.92 Å². The molecule has 2 rings (SSSR count). The summed E-state index contributed by atoms with van der Waals surface area (Å²) in [5.74, 6) is 1.03. The lowest BCUT2D eigenvalue weighted by Crippen LogP contribution is -2.11. The topological polar surface area (TPSA) is 58.6 Å². The maximum Gasteiger partial charge on any atom is 0.251 e. The van der Waals surface area contributed by atoms with E-state index >= 15 is 0 Å². The first-order valence-electron chi connectivity index (χ1n) is 5.76. The molecule has 0 aliphatic carbocycles. The second kappa shape index (κ2) is 5.44. The summed E-state index contributed by atoms with van der Waals surface area (Å²) >= 11 is 3.35. The molecule has 0 atom stereocenters. The standard InChI is InChI=1S/C13H14BrN3O/c1-8(2)3-11-5-12(18)17-13(16-11)9-4-10(14)7-15-6-9/h4-8H,3H2,1-2H3,(H,16,17,18). The van der Waals surface area contributed by atoms with Gasteiger partial charge in [-0.15, -0.1) is 0 Å². The fourth-order valence-electron chi connectivity index (χ4n) is 1.71. The van der Waals surface area contributed by atoms with Crippen LogP contribution in [-0.4, -0.2) is 15.0 Å². The van der Waals surface area contributed by atoms with Gasteiger partial charge in [-0.05, 0) is 34.3 Å². The molecule has 0 aliphatic heterocycles. The van der Waals surface area contributed by atoms with Crippen LogP contribution >= 0.6 is 15.9 Å². The predicted octanol–water partition coefficient (Wildman–Crippen LogP) is 2.79. The molecule has 94 valence electrons. The van der Waals surface area contributed by atoms with Crippen LogP contribution in [0.4, 0.5) is 0 Å². The summed E-state index contributed by atoms with van der Waals surface area (Å²) in [4.78, 5) is 22.9. The minimum Gasteiger partial charge on any atom is -0.306 e. The van der Waals surface area contributed by atoms with Crippen molar-refractivity contribution in [1.82, 2.24) is 15.0 Å². The van der Waals surface area contributed by atoms with Crippen molar-refractivity contribution >= 4 is 15.9 Å². The number of hydrogen-bond acceptors (Lipinski definition) is 3. The highest BCUT2D eigenvalue weighted by molar-refractivity contribution is 9.10. The van der Waals surface area contributed by atoms with Crippen LogP contribution in [0.1, 0.15) is 19.5 Å². The van der Waals surface area contributed by atoms with E-state index in [0.717, 1.165) is 22.2 Å². The Bertz CT molecular complexity index is 607. The molecule has 1 N–H and O–H groups in total. The van der Waals surface area contributed by atoms with Crippen molar-refractivity contribution in [3.05, 3.63) is 45.0 Å². The van der Waals surface area contributed by atoms with Crippen LogP contribution in [0.3, 0.4) is 0 Å². The van der Waals surface area contributed by atoms with Crippen LogP contribution in [0, 0.1) is 5.92 Å². The number of aromatic amines is 1. The Balaban J connectivity index is 2.45. The number of rotatable bonds is 3. The van der Waals surface area contributed by atoms with Gasteiger partial charge in [0.2, 0.25) is 0 Å². The van der Waals surface area contributed by atoms with Gasteiger partial charge in [0.25, 0.3) is 5.56 Å². The molecule has 0 spiro atoms. The van der Waals surface area contributed by atoms with Crippen molar-refractivity contribution in [2.75, 3.05) is 0 Å². The molecule has 0 radical (unpaired) electrons. The van der Waals surface area contributed by atoms with Crippen molar-refractivity contribution in [3.8, 4) is 11.4 Å². The van der Waals surface area contributed by atoms with Gasteiger partial charge in [0.05, 0.1) is 0 Å². The van der Waals surface area contributed by atoms with Gasteiger partial charge in [-0.25, -0.2) is 4.98 Å². The number of halogens is 1. The van der Waals surface area contributed by atoms with Gasteiger partial charge in [0.15, 0.2) is 0 Å². The largest absolute Gasteiger partial charge is 0.306 e. The molecule has 0 unspecified atom stereocenters. The minimum absolute atomic E-state index is 0.129. The lowest BCUT2D eigenvalue weighted by atomic mass is 10.1. The predicted molar refractivity (Wildman–Crippen MR) is 74.3 cm³/mol. The van der Waals surface area contributed by atoms with Gasteiger partial charge in [0.1, 0.15) is 5.82 Å². The molecule has 0 amide bonds. The number of pyridine rings is 1. The molecule has 0 aliphatic rings. The number of nitrogens with one attached hydrogen (secondary N) is 1. The highest BCUT2D eigenvalue weighted by Crippen LogP contribution is 2.17. The Kier molecular flexibility index (Phi) is 3.91. The third-order valence-corrected chi connectivity index (χ3v) is 2.82. The molecule has 2 heterocycles. The highest BCUT2D eigenvalue weighted by Gasteiger charge is 2.06. The van der Waals surface area contributed by atoms with E-state index in [0.29, 0.717) is 11.7 Å². The van der Waals surface area contributed by atoms with E-state index in [4.69, 9.17) is 0 Å². The van der Waals surface area contributed by atoms with E-state index in [-0.39, 0.29) is 5.56 Å². The van der Waals surface area contributed by atoms with E-state index in [2.05, 4.69) is 44.7 Å². The van der Waals surface area contributed by atoms with E-state index in [1.807, 2.05) is 6.07 Å². The molecule has 0 fully saturated rings. The smallest absolute Gasteiger partial charge is 0.251 e. The molecular weight excluding hydrogens is 294 g/mol. The average molecular weight is 308 g/mol. The molecule has 5 heteroatoms. The Morgan fingerprint density at radius 2 is 2.11 bits per heavy atom. The summed E-state index contributed by atoms with van der Waals surface area (Å²) in [5, 5.41) is 0. The fourth-order valence-corrected chi connectivity index (χ4v) is 2.07. The molecule has 2 aromatic rings. The Morgan fingerprint density at radius 1 is 1.33 bits per heavy atom. The third kappa shape index (κ3) is 3.26. The maximum absolute atomic E-state index is 11.6. The van der Waals surface area contributed by atoms with Gasteiger partial charge in [-0.3, -0.25) is 9.78 Å². The molecule has 0 aromatic carbocycles. The third-order valence-electron chi connectivity index (χ3n) is 2.39. The summed E-state index contributed by atoms with van der Waals surface area (Å²) < 4.78 is 0.858. The SMILES string of the molecule is CC(C)Cc1cc(=O)[nH]c(-c2cncc(Br)c2)n1. The van der Waals surface area contributed by atoms with E-state index in [9.17, 15) is 4.79 Å². The number of H-pyrrole nitrogens is 1. The minimum atomic E-state index is -0.129. The van der Waals surface area contributed by atoms with Crippen LogP contribution < -0.4 is 5.56 Å². The van der Waals surface area contributed by atoms with Crippen molar-refractivity contribution in [3.63, 3.8) is 0 Å². The van der Waals surface area contributed by atoms with Crippen molar-refractivity contribution < 1.29 is 0 Å². The summed E-state index contributed by atoms with van der Waals surface area (Å²) in [7, 11) is 0. The summed E-state index contributed by atoms with van der Waals surface area (Å²) in [6.07, 6.45) is 4.17. The van der Waals surface area contributed by atoms with Gasteiger partial charge in [0, 0.05) is 34.2 Å². The van der Waals surface area contributed by atoms with Gasteiger partial charge in [-0.1, -0.05) is 13.8 Å². The van der Waals surface area contributed by atoms with Gasteiger partial charge >= 0.3 is 0 Å². The van der Waals surface area contributed by atoms with E-state index in [1.165, 1.54) is 0 Å². The number of aromatic nitrogens is 3. The monoisotopic (exact) mass is 307 g/mol.